The quantitative estimate of drug-likeness (QED) is 0.140. The Morgan fingerprint density at radius 2 is 1.81 bits per heavy atom. The van der Waals surface area contributed by atoms with E-state index in [2.05, 4.69) is 41.9 Å². The predicted molar refractivity (Wildman–Crippen MR) is 241 cm³/mol. The fourth-order valence-corrected chi connectivity index (χ4v) is 16.7. The molecule has 0 aromatic carbocycles. The van der Waals surface area contributed by atoms with E-state index < -0.39 is 75.2 Å². The number of ether oxygens (including phenoxy) is 1. The lowest BCUT2D eigenvalue weighted by Gasteiger charge is -2.68. The second-order valence-corrected chi connectivity index (χ2v) is 22.9. The normalized spacial score (nSPS) is 49.4. The molecule has 1 saturated heterocycles. The van der Waals surface area contributed by atoms with Gasteiger partial charge in [-0.25, -0.2) is 0 Å². The number of aliphatic hydroxyl groups excluding tert-OH is 3. The first kappa shape index (κ1) is 46.0. The summed E-state index contributed by atoms with van der Waals surface area (Å²) < 4.78 is 7.13. The van der Waals surface area contributed by atoms with Crippen molar-refractivity contribution in [2.45, 2.75) is 184 Å². The molecule has 9 rings (SSSR count). The van der Waals surface area contributed by atoms with E-state index in [-0.39, 0.29) is 55.7 Å². The summed E-state index contributed by atoms with van der Waals surface area (Å²) in [5.74, 6) is -0.918. The number of fused-ring (bicyclic) bond motifs is 5. The Hall–Kier alpha value is -2.13. The zero-order chi connectivity index (χ0) is 44.9. The van der Waals surface area contributed by atoms with Crippen molar-refractivity contribution in [2.24, 2.45) is 63.4 Å². The van der Waals surface area contributed by atoms with Gasteiger partial charge in [0, 0.05) is 47.9 Å². The molecule has 6 fully saturated rings. The molecular weight excluding hydrogens is 797 g/mol. The summed E-state index contributed by atoms with van der Waals surface area (Å²) >= 11 is 0. The number of dihydropyridines is 1. The van der Waals surface area contributed by atoms with Gasteiger partial charge < -0.3 is 57.1 Å². The summed E-state index contributed by atoms with van der Waals surface area (Å²) in [7, 11) is 1.93. The van der Waals surface area contributed by atoms with Gasteiger partial charge in [-0.15, -0.1) is 0 Å². The maximum atomic E-state index is 15.5. The zero-order valence-electron chi connectivity index (χ0n) is 38.7. The van der Waals surface area contributed by atoms with Crippen molar-refractivity contribution in [1.82, 2.24) is 16.0 Å². The Morgan fingerprint density at radius 1 is 1.03 bits per heavy atom. The Morgan fingerprint density at radius 3 is 2.52 bits per heavy atom. The van der Waals surface area contributed by atoms with Gasteiger partial charge in [-0.05, 0) is 138 Å². The third-order valence-electron chi connectivity index (χ3n) is 19.4. The number of ketones is 1. The molecular formula is C51H80N4O8. The topological polar surface area (TPSA) is 210 Å². The second kappa shape index (κ2) is 16.6. The van der Waals surface area contributed by atoms with Gasteiger partial charge in [-0.1, -0.05) is 64.2 Å². The maximum absolute atomic E-state index is 15.5. The second-order valence-electron chi connectivity index (χ2n) is 22.9. The summed E-state index contributed by atoms with van der Waals surface area (Å²) in [5.41, 5.74) is 0.554. The van der Waals surface area contributed by atoms with Crippen LogP contribution in [0.3, 0.4) is 0 Å². The maximum Gasteiger partial charge on any atom is 0.182 e. The van der Waals surface area contributed by atoms with Gasteiger partial charge in [0.1, 0.15) is 5.60 Å². The zero-order valence-corrected chi connectivity index (χ0v) is 38.7. The SMILES string of the molecule is CCC[C@H]1CC[C@H]2[C@@H]3CCCC[C@](O)([C@](C)(O)[C@H]4CC[C@@]5(O)C6=C(NC[C@H](C)O)C(=O)[C@@H]7C[C@@H](O)[C@@H](O)C[C@@]78C[C@H](C7=CNC(N)C=C7)C=C[C@@](CNC)(C[C@]45C)[C@@H]68)[C@@H]3O[C@@H]2CC1. The van der Waals surface area contributed by atoms with Crippen LogP contribution in [-0.4, -0.2) is 110 Å². The molecule has 352 valence electrons. The van der Waals surface area contributed by atoms with E-state index in [0.29, 0.717) is 55.3 Å². The molecule has 5 saturated carbocycles. The van der Waals surface area contributed by atoms with Gasteiger partial charge in [-0.3, -0.25) is 4.79 Å². The van der Waals surface area contributed by atoms with Crippen LogP contribution < -0.4 is 21.7 Å². The lowest BCUT2D eigenvalue weighted by Crippen LogP contribution is -2.72. The van der Waals surface area contributed by atoms with E-state index >= 15 is 4.79 Å². The van der Waals surface area contributed by atoms with Crippen LogP contribution in [0, 0.1) is 57.7 Å². The Labute approximate surface area is 375 Å². The summed E-state index contributed by atoms with van der Waals surface area (Å²) in [6.45, 7) is 8.41. The molecule has 2 heterocycles. The van der Waals surface area contributed by atoms with Gasteiger partial charge >= 0.3 is 0 Å². The van der Waals surface area contributed by atoms with Crippen LogP contribution in [0.1, 0.15) is 130 Å². The van der Waals surface area contributed by atoms with Gasteiger partial charge in [0.05, 0.1) is 53.6 Å². The monoisotopic (exact) mass is 877 g/mol. The van der Waals surface area contributed by atoms with E-state index in [0.717, 1.165) is 44.1 Å². The molecule has 9 aliphatic rings. The van der Waals surface area contributed by atoms with Gasteiger partial charge in [0.2, 0.25) is 0 Å². The minimum Gasteiger partial charge on any atom is -0.392 e. The minimum absolute atomic E-state index is 0.0614. The van der Waals surface area contributed by atoms with Crippen molar-refractivity contribution < 1.29 is 40.2 Å². The lowest BCUT2D eigenvalue weighted by atomic mass is 9.37. The molecule has 11 N–H and O–H groups in total. The van der Waals surface area contributed by atoms with Crippen molar-refractivity contribution >= 4 is 5.78 Å². The number of Topliss-reactive ketones (excluding diaryl/α,β-unsaturated/α-hetero) is 1. The van der Waals surface area contributed by atoms with E-state index in [1.807, 2.05) is 32.3 Å². The molecule has 63 heavy (non-hydrogen) atoms. The van der Waals surface area contributed by atoms with Crippen LogP contribution in [0.15, 0.2) is 47.3 Å². The Bertz CT molecular complexity index is 1880. The average molecular weight is 877 g/mol. The largest absolute Gasteiger partial charge is 0.392 e. The lowest BCUT2D eigenvalue weighted by molar-refractivity contribution is -0.257. The van der Waals surface area contributed by atoms with Crippen molar-refractivity contribution in [2.75, 3.05) is 20.1 Å². The molecule has 19 atom stereocenters. The first-order valence-electron chi connectivity index (χ1n) is 25.0. The summed E-state index contributed by atoms with van der Waals surface area (Å²) in [6.07, 6.45) is 18.5. The van der Waals surface area contributed by atoms with E-state index in [1.54, 1.807) is 6.92 Å². The Kier molecular flexibility index (Phi) is 12.1. The number of hydrogen-bond donors (Lipinski definition) is 10. The highest BCUT2D eigenvalue weighted by Crippen LogP contribution is 2.76. The first-order valence-corrected chi connectivity index (χ1v) is 25.0. The molecule has 0 amide bonds. The molecule has 12 nitrogen and oxygen atoms in total. The van der Waals surface area contributed by atoms with Gasteiger partial charge in [0.15, 0.2) is 5.78 Å². The molecule has 1 unspecified atom stereocenters. The molecule has 0 aromatic rings. The van der Waals surface area contributed by atoms with E-state index in [9.17, 15) is 30.6 Å². The minimum atomic E-state index is -1.68. The number of hydrogen-bond acceptors (Lipinski definition) is 12. The number of nitrogens with one attached hydrogen (secondary N) is 3. The molecule has 0 bridgehead atoms. The fourth-order valence-electron chi connectivity index (χ4n) is 16.7. The molecule has 12 heteroatoms. The van der Waals surface area contributed by atoms with Gasteiger partial charge in [-0.2, -0.15) is 0 Å². The van der Waals surface area contributed by atoms with Crippen LogP contribution in [-0.2, 0) is 9.53 Å². The van der Waals surface area contributed by atoms with Crippen LogP contribution in [0.4, 0.5) is 0 Å². The van der Waals surface area contributed by atoms with Crippen LogP contribution in [0.5, 0.6) is 0 Å². The molecule has 2 aliphatic heterocycles. The van der Waals surface area contributed by atoms with Crippen LogP contribution in [0.2, 0.25) is 0 Å². The number of nitrogens with two attached hydrogens (primary N) is 1. The smallest absolute Gasteiger partial charge is 0.182 e. The third-order valence-corrected chi connectivity index (χ3v) is 19.4. The third kappa shape index (κ3) is 6.95. The average Bonchev–Trinajstić information content (AvgIpc) is 3.49. The van der Waals surface area contributed by atoms with Crippen LogP contribution >= 0.6 is 0 Å². The number of aliphatic hydroxyl groups is 6. The van der Waals surface area contributed by atoms with Crippen molar-refractivity contribution in [3.05, 3.63) is 47.3 Å². The van der Waals surface area contributed by atoms with Gasteiger partial charge in [0.25, 0.3) is 0 Å². The van der Waals surface area contributed by atoms with E-state index in [4.69, 9.17) is 10.5 Å². The number of carbonyl (C=O) groups is 1. The number of allylic oxidation sites excluding steroid dienone is 4. The fraction of sp³-hybridized carbons (Fsp3) is 0.824. The predicted octanol–water partition coefficient (Wildman–Crippen LogP) is 4.24. The number of carbonyl (C=O) groups excluding carboxylic acids is 1. The highest BCUT2D eigenvalue weighted by Gasteiger charge is 2.78. The van der Waals surface area contributed by atoms with Crippen molar-refractivity contribution in [3.8, 4) is 0 Å². The number of rotatable bonds is 10. The van der Waals surface area contributed by atoms with E-state index in [1.165, 1.54) is 19.3 Å². The molecule has 7 aliphatic carbocycles. The molecule has 0 radical (unpaired) electrons. The van der Waals surface area contributed by atoms with Crippen molar-refractivity contribution in [1.29, 1.82) is 0 Å². The first-order chi connectivity index (χ1) is 29.9. The summed E-state index contributed by atoms with van der Waals surface area (Å²) in [4.78, 5) is 15.5. The highest BCUT2D eigenvalue weighted by atomic mass is 16.5. The summed E-state index contributed by atoms with van der Waals surface area (Å²) in [5, 5.41) is 85.3. The highest BCUT2D eigenvalue weighted by molar-refractivity contribution is 6.00. The Balaban J connectivity index is 1.20. The van der Waals surface area contributed by atoms with Crippen LogP contribution in [0.25, 0.3) is 0 Å². The molecule has 0 aromatic heterocycles. The standard InChI is InChI=1S/C51H80N4O8/c1-6-9-30-11-14-33-34-10-7-8-19-51(62,45(34)63-38(33)15-12-30)47(4,60)39-18-21-50(61)41-42(55-25-29(2)56)43(59)35-22-36(57)37(58)24-49(35)23-31(32-13-16-40(52)54-26-32)17-20-48(28-53-5,44(41)49)27-46(39,50)3/h13,16-17,20,26,29-31,33-40,44-45,53-58,60-62H,6-12,14-15,18-19,21-25,27-28,52H2,1-5H3/t29-,30-,31+,33-,34-,35-,36+,37-,38+,39-,40?,44+,45+,46+,47+,48-,49-,50+,51+/m0/s1. The summed E-state index contributed by atoms with van der Waals surface area (Å²) in [6, 6.07) is 0. The molecule has 1 spiro atoms. The van der Waals surface area contributed by atoms with Crippen molar-refractivity contribution in [3.63, 3.8) is 0 Å².